The van der Waals surface area contributed by atoms with Gasteiger partial charge in [0.15, 0.2) is 0 Å². The Morgan fingerprint density at radius 3 is 2.50 bits per heavy atom. The van der Waals surface area contributed by atoms with Gasteiger partial charge in [0.1, 0.15) is 0 Å². The fraction of sp³-hybridized carbons (Fsp3) is 0.500. The largest absolute Gasteiger partial charge is 0.416 e. The zero-order valence-corrected chi connectivity index (χ0v) is 11.8. The molecule has 0 bridgehead atoms. The Morgan fingerprint density at radius 2 is 2.00 bits per heavy atom. The number of benzene rings is 1. The lowest BCUT2D eigenvalue weighted by molar-refractivity contribution is -0.137. The summed E-state index contributed by atoms with van der Waals surface area (Å²) in [6.07, 6.45) is -2.79. The van der Waals surface area contributed by atoms with Crippen LogP contribution >= 0.6 is 0 Å². The van der Waals surface area contributed by atoms with E-state index < -0.39 is 17.6 Å². The number of carbonyl (C=O) groups is 1. The molecule has 0 aliphatic heterocycles. The lowest BCUT2D eigenvalue weighted by atomic mass is 10.1. The van der Waals surface area contributed by atoms with Crippen LogP contribution in [0.4, 0.5) is 18.9 Å². The first-order valence-corrected chi connectivity index (χ1v) is 6.49. The molecule has 3 nitrogen and oxygen atoms in total. The second-order valence-electron chi connectivity index (χ2n) is 4.67. The molecule has 0 saturated heterocycles. The molecule has 112 valence electrons. The Balaban J connectivity index is 3.05. The van der Waals surface area contributed by atoms with E-state index >= 15 is 0 Å². The smallest absolute Gasteiger partial charge is 0.387 e. The number of hydrogen-bond donors (Lipinski definition) is 2. The monoisotopic (exact) mass is 288 g/mol. The lowest BCUT2D eigenvalue weighted by Gasteiger charge is -2.16. The first-order valence-electron chi connectivity index (χ1n) is 6.49. The first kappa shape index (κ1) is 16.3. The Hall–Kier alpha value is -1.72. The number of rotatable bonds is 5. The summed E-state index contributed by atoms with van der Waals surface area (Å²) in [5.41, 5.74) is -0.450. The number of amides is 1. The fourth-order valence-corrected chi connectivity index (χ4v) is 1.93. The van der Waals surface area contributed by atoms with Gasteiger partial charge in [-0.25, -0.2) is 0 Å². The molecule has 2 N–H and O–H groups in total. The Morgan fingerprint density at radius 1 is 1.35 bits per heavy atom. The summed E-state index contributed by atoms with van der Waals surface area (Å²) in [5, 5.41) is 5.44. The van der Waals surface area contributed by atoms with E-state index in [1.54, 1.807) is 7.05 Å². The van der Waals surface area contributed by atoms with Crippen LogP contribution in [0.1, 0.15) is 42.6 Å². The molecule has 1 amide bonds. The predicted molar refractivity (Wildman–Crippen MR) is 72.8 cm³/mol. The van der Waals surface area contributed by atoms with Gasteiger partial charge in [0.25, 0.3) is 5.91 Å². The average Bonchev–Trinajstić information content (AvgIpc) is 2.37. The third-order valence-electron chi connectivity index (χ3n) is 2.96. The quantitative estimate of drug-likeness (QED) is 0.868. The SMILES string of the molecule is CCCC(C)NC(=O)c1cc(C(F)(F)F)ccc1NC. The van der Waals surface area contributed by atoms with Gasteiger partial charge in [-0.3, -0.25) is 4.79 Å². The van der Waals surface area contributed by atoms with Gasteiger partial charge in [0.2, 0.25) is 0 Å². The minimum atomic E-state index is -4.46. The molecular formula is C14H19F3N2O. The molecule has 0 saturated carbocycles. The van der Waals surface area contributed by atoms with Crippen molar-refractivity contribution in [3.63, 3.8) is 0 Å². The van der Waals surface area contributed by atoms with Gasteiger partial charge in [0, 0.05) is 18.8 Å². The minimum Gasteiger partial charge on any atom is -0.387 e. The van der Waals surface area contributed by atoms with E-state index in [-0.39, 0.29) is 11.6 Å². The van der Waals surface area contributed by atoms with Gasteiger partial charge in [0.05, 0.1) is 11.1 Å². The maximum absolute atomic E-state index is 12.7. The number of carbonyl (C=O) groups excluding carboxylic acids is 1. The van der Waals surface area contributed by atoms with Gasteiger partial charge in [-0.15, -0.1) is 0 Å². The van der Waals surface area contributed by atoms with E-state index in [9.17, 15) is 18.0 Å². The van der Waals surface area contributed by atoms with E-state index in [0.29, 0.717) is 5.69 Å². The zero-order valence-electron chi connectivity index (χ0n) is 11.8. The van der Waals surface area contributed by atoms with Gasteiger partial charge in [-0.05, 0) is 31.5 Å². The van der Waals surface area contributed by atoms with E-state index in [0.717, 1.165) is 25.0 Å². The summed E-state index contributed by atoms with van der Waals surface area (Å²) in [6, 6.07) is 3.02. The Bertz CT molecular complexity index is 472. The van der Waals surface area contributed by atoms with Crippen LogP contribution in [0.3, 0.4) is 0 Å². The van der Waals surface area contributed by atoms with Crippen molar-refractivity contribution in [2.24, 2.45) is 0 Å². The molecular weight excluding hydrogens is 269 g/mol. The highest BCUT2D eigenvalue weighted by Gasteiger charge is 2.31. The molecule has 0 aliphatic carbocycles. The highest BCUT2D eigenvalue weighted by atomic mass is 19.4. The van der Waals surface area contributed by atoms with Crippen LogP contribution in [0.15, 0.2) is 18.2 Å². The molecule has 0 fully saturated rings. The molecule has 1 rings (SSSR count). The normalized spacial score (nSPS) is 12.9. The number of hydrogen-bond acceptors (Lipinski definition) is 2. The van der Waals surface area contributed by atoms with Crippen molar-refractivity contribution in [2.45, 2.75) is 38.9 Å². The summed E-state index contributed by atoms with van der Waals surface area (Å²) in [4.78, 5) is 12.1. The third-order valence-corrected chi connectivity index (χ3v) is 2.96. The number of nitrogens with one attached hydrogen (secondary N) is 2. The maximum atomic E-state index is 12.7. The van der Waals surface area contributed by atoms with Gasteiger partial charge >= 0.3 is 6.18 Å². The van der Waals surface area contributed by atoms with E-state index in [4.69, 9.17) is 0 Å². The molecule has 1 aromatic rings. The van der Waals surface area contributed by atoms with E-state index in [2.05, 4.69) is 10.6 Å². The summed E-state index contributed by atoms with van der Waals surface area (Å²) < 4.78 is 38.1. The van der Waals surface area contributed by atoms with Crippen molar-refractivity contribution in [2.75, 3.05) is 12.4 Å². The summed E-state index contributed by atoms with van der Waals surface area (Å²) >= 11 is 0. The van der Waals surface area contributed by atoms with Crippen LogP contribution in [0.25, 0.3) is 0 Å². The van der Waals surface area contributed by atoms with E-state index in [1.165, 1.54) is 6.07 Å². The molecule has 0 aromatic heterocycles. The van der Waals surface area contributed by atoms with Crippen molar-refractivity contribution in [1.29, 1.82) is 0 Å². The van der Waals surface area contributed by atoms with Crippen molar-refractivity contribution in [1.82, 2.24) is 5.32 Å². The van der Waals surface area contributed by atoms with Crippen molar-refractivity contribution in [3.8, 4) is 0 Å². The number of alkyl halides is 3. The topological polar surface area (TPSA) is 41.1 Å². The molecule has 20 heavy (non-hydrogen) atoms. The van der Waals surface area contributed by atoms with Gasteiger partial charge in [-0.1, -0.05) is 13.3 Å². The Kier molecular flexibility index (Phi) is 5.42. The first-order chi connectivity index (χ1) is 9.29. The lowest BCUT2D eigenvalue weighted by Crippen LogP contribution is -2.33. The van der Waals surface area contributed by atoms with Crippen LogP contribution in [-0.2, 0) is 6.18 Å². The molecule has 1 aromatic carbocycles. The van der Waals surface area contributed by atoms with Crippen molar-refractivity contribution < 1.29 is 18.0 Å². The predicted octanol–water partition coefficient (Wildman–Crippen LogP) is 3.67. The van der Waals surface area contributed by atoms with Crippen LogP contribution in [0, 0.1) is 0 Å². The fourth-order valence-electron chi connectivity index (χ4n) is 1.93. The zero-order chi connectivity index (χ0) is 15.3. The van der Waals surface area contributed by atoms with Crippen molar-refractivity contribution >= 4 is 11.6 Å². The highest BCUT2D eigenvalue weighted by molar-refractivity contribution is 6.00. The second-order valence-corrected chi connectivity index (χ2v) is 4.67. The number of anilines is 1. The average molecular weight is 288 g/mol. The molecule has 1 unspecified atom stereocenters. The molecule has 0 radical (unpaired) electrons. The highest BCUT2D eigenvalue weighted by Crippen LogP contribution is 2.31. The number of halogens is 3. The van der Waals surface area contributed by atoms with Crippen molar-refractivity contribution in [3.05, 3.63) is 29.3 Å². The standard InChI is InChI=1S/C14H19F3N2O/c1-4-5-9(2)19-13(20)11-8-10(14(15,16)17)6-7-12(11)18-3/h6-9,18H,4-5H2,1-3H3,(H,19,20). The molecule has 0 heterocycles. The van der Waals surface area contributed by atoms with E-state index in [1.807, 2.05) is 13.8 Å². The van der Waals surface area contributed by atoms with Gasteiger partial charge in [-0.2, -0.15) is 13.2 Å². The summed E-state index contributed by atoms with van der Waals surface area (Å²) in [5.74, 6) is -0.499. The minimum absolute atomic E-state index is 0.00489. The van der Waals surface area contributed by atoms with Crippen LogP contribution in [0.5, 0.6) is 0 Å². The molecule has 6 heteroatoms. The molecule has 0 aliphatic rings. The van der Waals surface area contributed by atoms with Gasteiger partial charge < -0.3 is 10.6 Å². The maximum Gasteiger partial charge on any atom is 0.416 e. The van der Waals surface area contributed by atoms with Crippen LogP contribution in [0.2, 0.25) is 0 Å². The van der Waals surface area contributed by atoms with Crippen LogP contribution in [-0.4, -0.2) is 19.0 Å². The van der Waals surface area contributed by atoms with Crippen LogP contribution < -0.4 is 10.6 Å². The second kappa shape index (κ2) is 6.63. The molecule has 0 spiro atoms. The Labute approximate surface area is 116 Å². The summed E-state index contributed by atoms with van der Waals surface area (Å²) in [7, 11) is 1.56. The summed E-state index contributed by atoms with van der Waals surface area (Å²) in [6.45, 7) is 3.81. The third kappa shape index (κ3) is 4.15. The molecule has 1 atom stereocenters.